The van der Waals surface area contributed by atoms with Crippen LogP contribution in [0.15, 0.2) is 48.7 Å². The largest absolute Gasteiger partial charge is 0.483 e. The van der Waals surface area contributed by atoms with Crippen molar-refractivity contribution in [3.63, 3.8) is 0 Å². The first kappa shape index (κ1) is 20.1. The molecule has 0 saturated carbocycles. The van der Waals surface area contributed by atoms with E-state index in [4.69, 9.17) is 4.74 Å². The van der Waals surface area contributed by atoms with Crippen LogP contribution < -0.4 is 10.1 Å². The summed E-state index contributed by atoms with van der Waals surface area (Å²) in [6, 6.07) is 14.6. The van der Waals surface area contributed by atoms with E-state index in [1.54, 1.807) is 0 Å². The van der Waals surface area contributed by atoms with E-state index in [0.29, 0.717) is 11.0 Å². The molecule has 0 spiro atoms. The topological polar surface area (TPSA) is 51.2 Å². The zero-order valence-electron chi connectivity index (χ0n) is 16.8. The Bertz CT molecular complexity index is 945. The molecule has 3 aromatic rings. The predicted molar refractivity (Wildman–Crippen MR) is 115 cm³/mol. The molecule has 0 aliphatic rings. The summed E-state index contributed by atoms with van der Waals surface area (Å²) in [5, 5.41) is 3.44. The number of aromatic nitrogens is 1. The average molecular weight is 395 g/mol. The van der Waals surface area contributed by atoms with E-state index < -0.39 is 0 Å². The van der Waals surface area contributed by atoms with Crippen LogP contribution in [0.4, 0.5) is 5.13 Å². The Morgan fingerprint density at radius 2 is 1.82 bits per heavy atom. The summed E-state index contributed by atoms with van der Waals surface area (Å²) in [4.78, 5) is 17.7. The summed E-state index contributed by atoms with van der Waals surface area (Å²) >= 11 is 1.49. The fraction of sp³-hybridized carbons (Fsp3) is 0.304. The fourth-order valence-corrected chi connectivity index (χ4v) is 3.76. The SMILES string of the molecule is Cc1ccc(Cc2cnc(NC(=O)COc3cc(C)ccc3C(C)C)s2)cc1. The van der Waals surface area contributed by atoms with Gasteiger partial charge >= 0.3 is 0 Å². The smallest absolute Gasteiger partial charge is 0.264 e. The van der Waals surface area contributed by atoms with Crippen LogP contribution in [0.1, 0.15) is 46.9 Å². The summed E-state index contributed by atoms with van der Waals surface area (Å²) in [5.74, 6) is 0.902. The van der Waals surface area contributed by atoms with Gasteiger partial charge in [-0.15, -0.1) is 11.3 Å². The Kier molecular flexibility index (Phi) is 6.47. The van der Waals surface area contributed by atoms with Gasteiger partial charge in [0.15, 0.2) is 11.7 Å². The maximum atomic E-state index is 12.3. The van der Waals surface area contributed by atoms with Crippen LogP contribution in [0, 0.1) is 13.8 Å². The van der Waals surface area contributed by atoms with Gasteiger partial charge in [0.25, 0.3) is 5.91 Å². The highest BCUT2D eigenvalue weighted by atomic mass is 32.1. The molecule has 0 atom stereocenters. The number of hydrogen-bond donors (Lipinski definition) is 1. The molecule has 0 aliphatic heterocycles. The molecule has 0 unspecified atom stereocenters. The number of carbonyl (C=O) groups is 1. The molecule has 146 valence electrons. The van der Waals surface area contributed by atoms with E-state index in [1.807, 2.05) is 19.2 Å². The second kappa shape index (κ2) is 9.02. The molecule has 3 rings (SSSR count). The number of carbonyl (C=O) groups excluding carboxylic acids is 1. The molecular formula is C23H26N2O2S. The van der Waals surface area contributed by atoms with E-state index in [2.05, 4.69) is 67.5 Å². The number of aryl methyl sites for hydroxylation is 2. The Labute approximate surface area is 170 Å². The van der Waals surface area contributed by atoms with Gasteiger partial charge in [0.1, 0.15) is 5.75 Å². The van der Waals surface area contributed by atoms with Gasteiger partial charge in [-0.25, -0.2) is 4.98 Å². The third kappa shape index (κ3) is 5.42. The lowest BCUT2D eigenvalue weighted by Crippen LogP contribution is -2.20. The van der Waals surface area contributed by atoms with E-state index in [0.717, 1.165) is 28.2 Å². The summed E-state index contributed by atoms with van der Waals surface area (Å²) in [5.41, 5.74) is 4.69. The lowest BCUT2D eigenvalue weighted by atomic mass is 10.0. The summed E-state index contributed by atoms with van der Waals surface area (Å²) in [6.45, 7) is 8.29. The van der Waals surface area contributed by atoms with Crippen LogP contribution in [0.3, 0.4) is 0 Å². The summed E-state index contributed by atoms with van der Waals surface area (Å²) < 4.78 is 5.79. The lowest BCUT2D eigenvalue weighted by molar-refractivity contribution is -0.118. The van der Waals surface area contributed by atoms with Crippen molar-refractivity contribution in [2.75, 3.05) is 11.9 Å². The molecule has 0 saturated heterocycles. The third-order valence-electron chi connectivity index (χ3n) is 4.45. The number of rotatable bonds is 7. The first-order chi connectivity index (χ1) is 13.4. The minimum absolute atomic E-state index is 0.0317. The van der Waals surface area contributed by atoms with Crippen molar-refractivity contribution in [2.24, 2.45) is 0 Å². The highest BCUT2D eigenvalue weighted by Gasteiger charge is 2.12. The number of nitrogens with zero attached hydrogens (tertiary/aromatic N) is 1. The van der Waals surface area contributed by atoms with Crippen molar-refractivity contribution in [3.05, 3.63) is 75.8 Å². The van der Waals surface area contributed by atoms with Gasteiger partial charge in [0, 0.05) is 17.5 Å². The van der Waals surface area contributed by atoms with Gasteiger partial charge in [-0.2, -0.15) is 0 Å². The molecule has 28 heavy (non-hydrogen) atoms. The Hall–Kier alpha value is -2.66. The monoisotopic (exact) mass is 394 g/mol. The van der Waals surface area contributed by atoms with E-state index in [1.165, 1.54) is 22.5 Å². The lowest BCUT2D eigenvalue weighted by Gasteiger charge is -2.14. The Balaban J connectivity index is 1.56. The van der Waals surface area contributed by atoms with Gasteiger partial charge in [-0.3, -0.25) is 10.1 Å². The molecule has 1 N–H and O–H groups in total. The number of ether oxygens (including phenoxy) is 1. The van der Waals surface area contributed by atoms with Crippen LogP contribution in [-0.4, -0.2) is 17.5 Å². The number of anilines is 1. The first-order valence-electron chi connectivity index (χ1n) is 9.44. The second-order valence-electron chi connectivity index (χ2n) is 7.33. The second-order valence-corrected chi connectivity index (χ2v) is 8.44. The molecule has 0 bridgehead atoms. The van der Waals surface area contributed by atoms with Crippen LogP contribution in [0.25, 0.3) is 0 Å². The van der Waals surface area contributed by atoms with Crippen molar-refractivity contribution < 1.29 is 9.53 Å². The van der Waals surface area contributed by atoms with Crippen molar-refractivity contribution in [1.82, 2.24) is 4.98 Å². The van der Waals surface area contributed by atoms with Crippen LogP contribution >= 0.6 is 11.3 Å². The summed E-state index contributed by atoms with van der Waals surface area (Å²) in [6.07, 6.45) is 2.63. The van der Waals surface area contributed by atoms with Crippen LogP contribution in [0.2, 0.25) is 0 Å². The highest BCUT2D eigenvalue weighted by Crippen LogP contribution is 2.27. The van der Waals surface area contributed by atoms with Crippen molar-refractivity contribution in [3.8, 4) is 5.75 Å². The van der Waals surface area contributed by atoms with Gasteiger partial charge in [0.2, 0.25) is 0 Å². The molecule has 1 amide bonds. The molecule has 5 heteroatoms. The molecule has 0 aliphatic carbocycles. The number of benzene rings is 2. The number of amides is 1. The molecule has 4 nitrogen and oxygen atoms in total. The van der Waals surface area contributed by atoms with Crippen molar-refractivity contribution in [2.45, 2.75) is 40.0 Å². The fourth-order valence-electron chi connectivity index (χ4n) is 2.90. The maximum Gasteiger partial charge on any atom is 0.264 e. The highest BCUT2D eigenvalue weighted by molar-refractivity contribution is 7.15. The molecule has 2 aromatic carbocycles. The van der Waals surface area contributed by atoms with Crippen LogP contribution in [0.5, 0.6) is 5.75 Å². The Morgan fingerprint density at radius 3 is 2.54 bits per heavy atom. The molecule has 0 radical (unpaired) electrons. The Morgan fingerprint density at radius 1 is 1.11 bits per heavy atom. The first-order valence-corrected chi connectivity index (χ1v) is 10.3. The predicted octanol–water partition coefficient (Wildman–Crippen LogP) is 5.49. The zero-order valence-corrected chi connectivity index (χ0v) is 17.6. The third-order valence-corrected chi connectivity index (χ3v) is 5.36. The van der Waals surface area contributed by atoms with Crippen molar-refractivity contribution in [1.29, 1.82) is 0 Å². The molecule has 0 fully saturated rings. The van der Waals surface area contributed by atoms with Crippen LogP contribution in [-0.2, 0) is 11.2 Å². The normalized spacial score (nSPS) is 10.9. The van der Waals surface area contributed by atoms with Crippen molar-refractivity contribution >= 4 is 22.4 Å². The number of thiazole rings is 1. The molecular weight excluding hydrogens is 368 g/mol. The van der Waals surface area contributed by atoms with E-state index >= 15 is 0 Å². The van der Waals surface area contributed by atoms with Gasteiger partial charge in [-0.05, 0) is 42.5 Å². The van der Waals surface area contributed by atoms with Gasteiger partial charge < -0.3 is 4.74 Å². The standard InChI is InChI=1S/C23H26N2O2S/c1-15(2)20-10-7-17(4)11-21(20)27-14-22(26)25-23-24-13-19(28-23)12-18-8-5-16(3)6-9-18/h5-11,13,15H,12,14H2,1-4H3,(H,24,25,26). The average Bonchev–Trinajstić information content (AvgIpc) is 3.08. The molecule has 1 aromatic heterocycles. The van der Waals surface area contributed by atoms with E-state index in [-0.39, 0.29) is 12.5 Å². The van der Waals surface area contributed by atoms with E-state index in [9.17, 15) is 4.79 Å². The minimum Gasteiger partial charge on any atom is -0.483 e. The zero-order chi connectivity index (χ0) is 20.1. The van der Waals surface area contributed by atoms with Gasteiger partial charge in [0.05, 0.1) is 0 Å². The quantitative estimate of drug-likeness (QED) is 0.576. The maximum absolute atomic E-state index is 12.3. The number of hydrogen-bond acceptors (Lipinski definition) is 4. The number of nitrogens with one attached hydrogen (secondary N) is 1. The molecule has 1 heterocycles. The summed E-state index contributed by atoms with van der Waals surface area (Å²) in [7, 11) is 0. The van der Waals surface area contributed by atoms with Gasteiger partial charge in [-0.1, -0.05) is 55.8 Å². The minimum atomic E-state index is -0.201.